The summed E-state index contributed by atoms with van der Waals surface area (Å²) in [6, 6.07) is -0.309. The molecule has 0 aromatic heterocycles. The van der Waals surface area contributed by atoms with E-state index in [4.69, 9.17) is 5.11 Å². The van der Waals surface area contributed by atoms with Crippen LogP contribution in [0.25, 0.3) is 0 Å². The van der Waals surface area contributed by atoms with Crippen LogP contribution < -0.4 is 5.32 Å². The summed E-state index contributed by atoms with van der Waals surface area (Å²) in [6.07, 6.45) is 1.50. The number of nitrogens with one attached hydrogen (secondary N) is 1. The highest BCUT2D eigenvalue weighted by molar-refractivity contribution is 7.94. The third-order valence-corrected chi connectivity index (χ3v) is 3.21. The lowest BCUT2D eigenvalue weighted by molar-refractivity contribution is -0.132. The van der Waals surface area contributed by atoms with Crippen LogP contribution in [0.5, 0.6) is 0 Å². The standard InChI is InChI=1S/C8H11NO4S/c1-6(8(10)11)4-9-7-2-3-14(12,13)5-7/h2-3,7,9H,1,4-5H2,(H,10,11). The highest BCUT2D eigenvalue weighted by Gasteiger charge is 2.21. The fraction of sp³-hybridized carbons (Fsp3) is 0.375. The fourth-order valence-electron chi connectivity index (χ4n) is 1.03. The summed E-state index contributed by atoms with van der Waals surface area (Å²) in [5, 5.41) is 12.4. The molecule has 1 aliphatic heterocycles. The van der Waals surface area contributed by atoms with Gasteiger partial charge in [-0.2, -0.15) is 0 Å². The van der Waals surface area contributed by atoms with Gasteiger partial charge >= 0.3 is 5.97 Å². The Kier molecular flexibility index (Phi) is 3.07. The minimum Gasteiger partial charge on any atom is -0.478 e. The molecule has 0 saturated heterocycles. The van der Waals surface area contributed by atoms with Gasteiger partial charge in [0.25, 0.3) is 0 Å². The molecule has 0 saturated carbocycles. The third kappa shape index (κ3) is 2.97. The maximum absolute atomic E-state index is 11.0. The molecular weight excluding hydrogens is 206 g/mol. The van der Waals surface area contributed by atoms with Gasteiger partial charge in [-0.05, 0) is 0 Å². The van der Waals surface area contributed by atoms with Gasteiger partial charge in [-0.15, -0.1) is 0 Å². The molecule has 0 aromatic rings. The van der Waals surface area contributed by atoms with Crippen LogP contribution in [0.1, 0.15) is 0 Å². The molecule has 0 amide bonds. The van der Waals surface area contributed by atoms with Crippen LogP contribution in [0.2, 0.25) is 0 Å². The van der Waals surface area contributed by atoms with Gasteiger partial charge in [0.15, 0.2) is 9.84 Å². The van der Waals surface area contributed by atoms with E-state index in [0.717, 1.165) is 5.41 Å². The summed E-state index contributed by atoms with van der Waals surface area (Å²) < 4.78 is 21.9. The lowest BCUT2D eigenvalue weighted by atomic mass is 10.2. The van der Waals surface area contributed by atoms with Crippen LogP contribution in [-0.2, 0) is 14.6 Å². The quantitative estimate of drug-likeness (QED) is 0.622. The van der Waals surface area contributed by atoms with Gasteiger partial charge in [0.2, 0.25) is 0 Å². The number of hydrogen-bond donors (Lipinski definition) is 2. The maximum atomic E-state index is 11.0. The fourth-order valence-corrected chi connectivity index (χ4v) is 2.30. The van der Waals surface area contributed by atoms with E-state index in [2.05, 4.69) is 11.9 Å². The topological polar surface area (TPSA) is 83.5 Å². The van der Waals surface area contributed by atoms with E-state index in [1.54, 1.807) is 0 Å². The summed E-state index contributed by atoms with van der Waals surface area (Å²) in [5.74, 6) is -1.10. The summed E-state index contributed by atoms with van der Waals surface area (Å²) in [5.41, 5.74) is 0.0164. The number of sulfone groups is 1. The Hall–Kier alpha value is -1.14. The van der Waals surface area contributed by atoms with Crippen molar-refractivity contribution in [3.05, 3.63) is 23.6 Å². The average molecular weight is 217 g/mol. The summed E-state index contributed by atoms with van der Waals surface area (Å²) in [7, 11) is -3.08. The zero-order valence-corrected chi connectivity index (χ0v) is 8.25. The molecule has 1 rings (SSSR count). The molecule has 0 spiro atoms. The summed E-state index contributed by atoms with van der Waals surface area (Å²) in [6.45, 7) is 3.40. The van der Waals surface area contributed by atoms with Gasteiger partial charge in [-0.25, -0.2) is 13.2 Å². The Morgan fingerprint density at radius 2 is 2.29 bits per heavy atom. The van der Waals surface area contributed by atoms with Crippen molar-refractivity contribution in [3.8, 4) is 0 Å². The van der Waals surface area contributed by atoms with E-state index in [-0.39, 0.29) is 23.9 Å². The molecule has 78 valence electrons. The second-order valence-electron chi connectivity index (χ2n) is 3.05. The Bertz CT molecular complexity index is 382. The number of aliphatic carboxylic acids is 1. The largest absolute Gasteiger partial charge is 0.478 e. The highest BCUT2D eigenvalue weighted by Crippen LogP contribution is 2.07. The summed E-state index contributed by atoms with van der Waals surface area (Å²) >= 11 is 0. The summed E-state index contributed by atoms with van der Waals surface area (Å²) in [4.78, 5) is 10.4. The van der Waals surface area contributed by atoms with Gasteiger partial charge in [0.05, 0.1) is 5.75 Å². The van der Waals surface area contributed by atoms with Gasteiger partial charge in [0.1, 0.15) is 0 Å². The molecule has 14 heavy (non-hydrogen) atoms. The number of rotatable bonds is 4. The maximum Gasteiger partial charge on any atom is 0.332 e. The molecule has 0 fully saturated rings. The molecule has 1 aliphatic rings. The van der Waals surface area contributed by atoms with Crippen molar-refractivity contribution >= 4 is 15.8 Å². The van der Waals surface area contributed by atoms with E-state index in [1.807, 2.05) is 0 Å². The van der Waals surface area contributed by atoms with Crippen LogP contribution in [0.4, 0.5) is 0 Å². The first-order valence-corrected chi connectivity index (χ1v) is 5.68. The highest BCUT2D eigenvalue weighted by atomic mass is 32.2. The Morgan fingerprint density at radius 3 is 2.71 bits per heavy atom. The second-order valence-corrected chi connectivity index (χ2v) is 4.99. The number of hydrogen-bond acceptors (Lipinski definition) is 4. The molecule has 1 atom stereocenters. The molecule has 1 heterocycles. The van der Waals surface area contributed by atoms with Crippen molar-refractivity contribution in [2.24, 2.45) is 0 Å². The van der Waals surface area contributed by atoms with E-state index < -0.39 is 15.8 Å². The third-order valence-electron chi connectivity index (χ3n) is 1.81. The van der Waals surface area contributed by atoms with Crippen molar-refractivity contribution < 1.29 is 18.3 Å². The molecule has 1 unspecified atom stereocenters. The van der Waals surface area contributed by atoms with Gasteiger partial charge in [-0.1, -0.05) is 12.7 Å². The predicted octanol–water partition coefficient (Wildman–Crippen LogP) is -0.472. The van der Waals surface area contributed by atoms with Crippen LogP contribution >= 0.6 is 0 Å². The monoisotopic (exact) mass is 217 g/mol. The molecule has 0 bridgehead atoms. The molecular formula is C8H11NO4S. The molecule has 0 radical (unpaired) electrons. The molecule has 0 aromatic carbocycles. The Labute approximate surface area is 82.0 Å². The van der Waals surface area contributed by atoms with E-state index in [1.165, 1.54) is 6.08 Å². The van der Waals surface area contributed by atoms with Crippen LogP contribution in [0.15, 0.2) is 23.6 Å². The SMILES string of the molecule is C=C(CNC1C=CS(=O)(=O)C1)C(=O)O. The van der Waals surface area contributed by atoms with Gasteiger partial charge in [-0.3, -0.25) is 0 Å². The van der Waals surface area contributed by atoms with Crippen molar-refractivity contribution in [1.82, 2.24) is 5.32 Å². The molecule has 6 heteroatoms. The van der Waals surface area contributed by atoms with Crippen LogP contribution in [-0.4, -0.2) is 37.8 Å². The first-order chi connectivity index (χ1) is 6.41. The normalized spacial score (nSPS) is 23.6. The van der Waals surface area contributed by atoms with Crippen molar-refractivity contribution in [2.45, 2.75) is 6.04 Å². The molecule has 2 N–H and O–H groups in total. The number of carboxylic acids is 1. The van der Waals surface area contributed by atoms with Crippen molar-refractivity contribution in [3.63, 3.8) is 0 Å². The number of carbonyl (C=O) groups is 1. The second kappa shape index (κ2) is 3.93. The lowest BCUT2D eigenvalue weighted by Crippen LogP contribution is -2.32. The zero-order valence-electron chi connectivity index (χ0n) is 7.43. The van der Waals surface area contributed by atoms with E-state index in [0.29, 0.717) is 0 Å². The smallest absolute Gasteiger partial charge is 0.332 e. The Morgan fingerprint density at radius 1 is 1.64 bits per heavy atom. The van der Waals surface area contributed by atoms with Gasteiger partial charge in [0, 0.05) is 23.6 Å². The van der Waals surface area contributed by atoms with Crippen LogP contribution in [0, 0.1) is 0 Å². The minimum atomic E-state index is -3.08. The average Bonchev–Trinajstić information content (AvgIpc) is 2.41. The number of carboxylic acid groups (broad SMARTS) is 1. The van der Waals surface area contributed by atoms with Crippen LogP contribution in [0.3, 0.4) is 0 Å². The first-order valence-electron chi connectivity index (χ1n) is 3.96. The predicted molar refractivity (Wildman–Crippen MR) is 51.5 cm³/mol. The van der Waals surface area contributed by atoms with Gasteiger partial charge < -0.3 is 10.4 Å². The molecule has 0 aliphatic carbocycles. The van der Waals surface area contributed by atoms with E-state index in [9.17, 15) is 13.2 Å². The Balaban J connectivity index is 2.39. The molecule has 5 nitrogen and oxygen atoms in total. The van der Waals surface area contributed by atoms with E-state index >= 15 is 0 Å². The zero-order chi connectivity index (χ0) is 10.8. The van der Waals surface area contributed by atoms with Crippen molar-refractivity contribution in [2.75, 3.05) is 12.3 Å². The lowest BCUT2D eigenvalue weighted by Gasteiger charge is -2.08. The minimum absolute atomic E-state index is 0.0140. The van der Waals surface area contributed by atoms with Crippen molar-refractivity contribution in [1.29, 1.82) is 0 Å². The first kappa shape index (κ1) is 10.9.